The van der Waals surface area contributed by atoms with E-state index in [2.05, 4.69) is 52.8 Å². The van der Waals surface area contributed by atoms with Crippen LogP contribution in [0.4, 0.5) is 40.3 Å². The highest BCUT2D eigenvalue weighted by Gasteiger charge is 2.46. The number of anilines is 4. The van der Waals surface area contributed by atoms with Gasteiger partial charge in [-0.2, -0.15) is 17.6 Å². The lowest BCUT2D eigenvalue weighted by Crippen LogP contribution is -2.58. The molecular formula is C52H52F4N10O6. The van der Waals surface area contributed by atoms with E-state index in [1.165, 1.54) is 18.3 Å². The Labute approximate surface area is 412 Å². The summed E-state index contributed by atoms with van der Waals surface area (Å²) in [5.74, 6) is -8.03. The first-order valence-electron chi connectivity index (χ1n) is 23.9. The summed E-state index contributed by atoms with van der Waals surface area (Å²) in [5, 5.41) is 23.5. The Morgan fingerprint density at radius 3 is 1.76 bits per heavy atom. The van der Waals surface area contributed by atoms with Gasteiger partial charge in [0.15, 0.2) is 0 Å². The SMILES string of the molecule is CC[C@H]1Oc2nnc(-c3cc(NC(=O)c4ccnc(C(F)(F)CC(C)[C@@H]5Oc6nnc(-c7cc(NC(=O)c8ccnc(C(C)(F)F)c8)ccc7C)cc6N6CCOC[C@@H]56)c4)ccc3C)cc2N2CCOC[C@H]12. The average Bonchev–Trinajstić information content (AvgIpc) is 3.38. The molecule has 2 N–H and O–H groups in total. The Bertz CT molecular complexity index is 3050. The van der Waals surface area contributed by atoms with E-state index in [1.54, 1.807) is 43.3 Å². The Balaban J connectivity index is 0.828. The fraction of sp³-hybridized carbons (Fsp3) is 0.385. The largest absolute Gasteiger partial charge is 0.470 e. The topological polar surface area (TPSA) is 179 Å². The van der Waals surface area contributed by atoms with Crippen LogP contribution >= 0.6 is 0 Å². The molecule has 1 unspecified atom stereocenters. The van der Waals surface area contributed by atoms with Crippen LogP contribution in [0.15, 0.2) is 85.2 Å². The predicted octanol–water partition coefficient (Wildman–Crippen LogP) is 8.78. The molecule has 6 aromatic rings. The number of alkyl halides is 4. The molecule has 0 radical (unpaired) electrons. The molecule has 2 amide bonds. The molecule has 16 nitrogen and oxygen atoms in total. The Morgan fingerprint density at radius 1 is 0.694 bits per heavy atom. The molecule has 4 aliphatic heterocycles. The zero-order valence-electron chi connectivity index (χ0n) is 40.2. The molecule has 2 saturated heterocycles. The lowest BCUT2D eigenvalue weighted by atomic mass is 9.88. The molecule has 0 aliphatic carbocycles. The number of carbonyl (C=O) groups is 2. The van der Waals surface area contributed by atoms with Crippen molar-refractivity contribution in [3.8, 4) is 34.3 Å². The van der Waals surface area contributed by atoms with Gasteiger partial charge in [0, 0.05) is 78.4 Å². The number of aryl methyl sites for hydroxylation is 2. The summed E-state index contributed by atoms with van der Waals surface area (Å²) < 4.78 is 85.0. The molecule has 5 atom stereocenters. The van der Waals surface area contributed by atoms with E-state index < -0.39 is 59.5 Å². The number of nitrogens with one attached hydrogen (secondary N) is 2. The van der Waals surface area contributed by atoms with E-state index in [4.69, 9.17) is 18.9 Å². The number of amides is 2. The number of carbonyl (C=O) groups excluding carboxylic acids is 2. The maximum atomic E-state index is 16.4. The summed E-state index contributed by atoms with van der Waals surface area (Å²) in [6.45, 7) is 11.1. The van der Waals surface area contributed by atoms with Gasteiger partial charge in [-0.05, 0) is 92.1 Å². The normalized spacial score (nSPS) is 19.9. The fourth-order valence-corrected chi connectivity index (χ4v) is 9.85. The van der Waals surface area contributed by atoms with Gasteiger partial charge in [-0.15, -0.1) is 20.4 Å². The van der Waals surface area contributed by atoms with Crippen LogP contribution in [0.2, 0.25) is 0 Å². The highest BCUT2D eigenvalue weighted by atomic mass is 19.3. The van der Waals surface area contributed by atoms with Crippen molar-refractivity contribution in [2.75, 3.05) is 60.0 Å². The first-order valence-corrected chi connectivity index (χ1v) is 23.9. The number of morpholine rings is 2. The van der Waals surface area contributed by atoms with Crippen molar-refractivity contribution in [2.45, 2.75) is 83.6 Å². The minimum Gasteiger partial charge on any atom is -0.470 e. The van der Waals surface area contributed by atoms with Gasteiger partial charge in [-0.3, -0.25) is 19.6 Å². The molecule has 10 rings (SSSR count). The van der Waals surface area contributed by atoms with Crippen LogP contribution < -0.4 is 29.9 Å². The van der Waals surface area contributed by atoms with Gasteiger partial charge in [0.2, 0.25) is 0 Å². The molecule has 0 saturated carbocycles. The summed E-state index contributed by atoms with van der Waals surface area (Å²) >= 11 is 0. The summed E-state index contributed by atoms with van der Waals surface area (Å²) in [4.78, 5) is 38.9. The molecule has 72 heavy (non-hydrogen) atoms. The minimum atomic E-state index is -3.48. The van der Waals surface area contributed by atoms with Gasteiger partial charge >= 0.3 is 0 Å². The third-order valence-electron chi connectivity index (χ3n) is 13.7. The molecule has 374 valence electrons. The number of benzene rings is 2. The quantitative estimate of drug-likeness (QED) is 0.111. The molecule has 0 spiro atoms. The number of aromatic nitrogens is 6. The van der Waals surface area contributed by atoms with Crippen LogP contribution in [-0.2, 0) is 21.3 Å². The molecule has 2 aromatic carbocycles. The molecule has 8 heterocycles. The number of pyridine rings is 2. The monoisotopic (exact) mass is 988 g/mol. The fourth-order valence-electron chi connectivity index (χ4n) is 9.85. The second kappa shape index (κ2) is 19.4. The van der Waals surface area contributed by atoms with Crippen LogP contribution in [0.25, 0.3) is 22.5 Å². The van der Waals surface area contributed by atoms with Crippen molar-refractivity contribution in [2.24, 2.45) is 5.92 Å². The van der Waals surface area contributed by atoms with E-state index in [1.807, 2.05) is 30.9 Å². The zero-order chi connectivity index (χ0) is 50.5. The third-order valence-corrected chi connectivity index (χ3v) is 13.7. The average molecular weight is 989 g/mol. The van der Waals surface area contributed by atoms with E-state index in [9.17, 15) is 18.4 Å². The maximum Gasteiger partial charge on any atom is 0.290 e. The van der Waals surface area contributed by atoms with Gasteiger partial charge < -0.3 is 39.4 Å². The van der Waals surface area contributed by atoms with Crippen LogP contribution in [0.5, 0.6) is 11.8 Å². The highest BCUT2D eigenvalue weighted by Crippen LogP contribution is 2.44. The number of ether oxygens (including phenoxy) is 4. The number of rotatable bonds is 12. The lowest BCUT2D eigenvalue weighted by Gasteiger charge is -2.47. The van der Waals surface area contributed by atoms with Gasteiger partial charge in [-0.1, -0.05) is 26.0 Å². The Kier molecular flexibility index (Phi) is 13.0. The van der Waals surface area contributed by atoms with Crippen molar-refractivity contribution in [1.82, 2.24) is 30.4 Å². The molecular weight excluding hydrogens is 937 g/mol. The summed E-state index contributed by atoms with van der Waals surface area (Å²) in [5.41, 5.74) is 5.31. The zero-order valence-corrected chi connectivity index (χ0v) is 40.2. The highest BCUT2D eigenvalue weighted by molar-refractivity contribution is 6.05. The van der Waals surface area contributed by atoms with Crippen molar-refractivity contribution in [3.05, 3.63) is 119 Å². The summed E-state index contributed by atoms with van der Waals surface area (Å²) in [7, 11) is 0. The van der Waals surface area contributed by atoms with E-state index >= 15 is 8.78 Å². The Morgan fingerprint density at radius 2 is 1.21 bits per heavy atom. The van der Waals surface area contributed by atoms with Gasteiger partial charge in [0.05, 0.1) is 49.9 Å². The smallest absolute Gasteiger partial charge is 0.290 e. The first kappa shape index (κ1) is 48.3. The number of fused-ring (bicyclic) bond motifs is 6. The molecule has 4 aromatic heterocycles. The van der Waals surface area contributed by atoms with E-state index in [0.717, 1.165) is 47.1 Å². The van der Waals surface area contributed by atoms with Crippen LogP contribution in [0.1, 0.15) is 76.8 Å². The Hall–Kier alpha value is -7.32. The van der Waals surface area contributed by atoms with E-state index in [0.29, 0.717) is 79.7 Å². The summed E-state index contributed by atoms with van der Waals surface area (Å²) in [6.07, 6.45) is 1.63. The maximum absolute atomic E-state index is 16.4. The second-order valence-electron chi connectivity index (χ2n) is 18.8. The summed E-state index contributed by atoms with van der Waals surface area (Å²) in [6, 6.07) is 18.8. The number of nitrogens with zero attached hydrogens (tertiary/aromatic N) is 8. The molecule has 0 bridgehead atoms. The van der Waals surface area contributed by atoms with Crippen molar-refractivity contribution in [1.29, 1.82) is 0 Å². The van der Waals surface area contributed by atoms with Crippen molar-refractivity contribution >= 4 is 34.6 Å². The standard InChI is InChI=1S/C52H52F4N10O6/c1-6-43-41-26-69-17-15-65(41)39-23-37(61-63-49(39)71-43)35-22-34(10-8-28(35)2)60-48(68)32-12-14-58-45(20-32)52(55,56)25-30(4)46-42-27-70-18-16-66(42)40-24-38(62-64-50(40)72-46)36-21-33(9-7-29(36)3)59-47(67)31-11-13-57-44(19-31)51(5,53)54/h7-14,19-24,30,41-43,46H,6,15-18,25-27H2,1-5H3,(H,59,67)(H,60,68)/t30?,41-,42+,43-,46+/m1/s1. The second-order valence-corrected chi connectivity index (χ2v) is 18.8. The van der Waals surface area contributed by atoms with Gasteiger partial charge in [0.1, 0.15) is 35.0 Å². The van der Waals surface area contributed by atoms with Crippen LogP contribution in [-0.4, -0.2) is 106 Å². The third kappa shape index (κ3) is 9.59. The molecule has 20 heteroatoms. The number of hydrogen-bond acceptors (Lipinski definition) is 14. The number of halogens is 4. The molecule has 2 fully saturated rings. The number of hydrogen-bond donors (Lipinski definition) is 2. The van der Waals surface area contributed by atoms with Crippen LogP contribution in [0.3, 0.4) is 0 Å². The first-order chi connectivity index (χ1) is 34.5. The molecule has 4 aliphatic rings. The predicted molar refractivity (Wildman–Crippen MR) is 259 cm³/mol. The van der Waals surface area contributed by atoms with E-state index in [-0.39, 0.29) is 35.8 Å². The van der Waals surface area contributed by atoms with Gasteiger partial charge in [-0.25, -0.2) is 0 Å². The van der Waals surface area contributed by atoms with Crippen LogP contribution in [0, 0.1) is 19.8 Å². The van der Waals surface area contributed by atoms with Crippen molar-refractivity contribution in [3.63, 3.8) is 0 Å². The van der Waals surface area contributed by atoms with Crippen molar-refractivity contribution < 1.29 is 46.1 Å². The lowest BCUT2D eigenvalue weighted by molar-refractivity contribution is -0.0595. The van der Waals surface area contributed by atoms with Gasteiger partial charge in [0.25, 0.3) is 35.4 Å². The minimum absolute atomic E-state index is 0.000369.